The van der Waals surface area contributed by atoms with Gasteiger partial charge in [-0.2, -0.15) is 5.10 Å². The van der Waals surface area contributed by atoms with Crippen LogP contribution < -0.4 is 10.6 Å². The van der Waals surface area contributed by atoms with Crippen LogP contribution in [0.2, 0.25) is 0 Å². The summed E-state index contributed by atoms with van der Waals surface area (Å²) in [6, 6.07) is 0.523. The van der Waals surface area contributed by atoms with E-state index in [-0.39, 0.29) is 6.04 Å². The zero-order valence-corrected chi connectivity index (χ0v) is 11.4. The summed E-state index contributed by atoms with van der Waals surface area (Å²) in [6.45, 7) is 8.26. The molecule has 0 saturated carbocycles. The lowest BCUT2D eigenvalue weighted by Crippen LogP contribution is -2.40. The lowest BCUT2D eigenvalue weighted by Gasteiger charge is -2.18. The largest absolute Gasteiger partial charge is 0.361 e. The minimum atomic E-state index is 0.174. The molecule has 0 saturated heterocycles. The molecule has 0 bridgehead atoms. The van der Waals surface area contributed by atoms with Crippen LogP contribution in [0.3, 0.4) is 0 Å². The van der Waals surface area contributed by atoms with Gasteiger partial charge in [-0.15, -0.1) is 0 Å². The lowest BCUT2D eigenvalue weighted by molar-refractivity contribution is 0.657. The Labute approximate surface area is 102 Å². The SMILES string of the molecule is Cc1c(C(C)NC(=S)NC(C)C)cnn1C. The second kappa shape index (κ2) is 5.30. The first-order chi connectivity index (χ1) is 7.41. The third kappa shape index (κ3) is 3.20. The maximum Gasteiger partial charge on any atom is 0.166 e. The molecule has 1 unspecified atom stereocenters. The van der Waals surface area contributed by atoms with Crippen molar-refractivity contribution in [1.29, 1.82) is 0 Å². The highest BCUT2D eigenvalue weighted by Crippen LogP contribution is 2.15. The number of nitrogens with one attached hydrogen (secondary N) is 2. The van der Waals surface area contributed by atoms with Crippen molar-refractivity contribution in [1.82, 2.24) is 20.4 Å². The van der Waals surface area contributed by atoms with Crippen molar-refractivity contribution in [2.45, 2.75) is 39.8 Å². The Morgan fingerprint density at radius 2 is 2.00 bits per heavy atom. The van der Waals surface area contributed by atoms with E-state index in [1.807, 2.05) is 17.9 Å². The molecule has 0 radical (unpaired) electrons. The molecule has 4 nitrogen and oxygen atoms in total. The number of hydrogen-bond donors (Lipinski definition) is 2. The zero-order chi connectivity index (χ0) is 12.3. The molecule has 16 heavy (non-hydrogen) atoms. The summed E-state index contributed by atoms with van der Waals surface area (Å²) < 4.78 is 1.87. The summed E-state index contributed by atoms with van der Waals surface area (Å²) in [5, 5.41) is 11.3. The lowest BCUT2D eigenvalue weighted by atomic mass is 10.1. The Morgan fingerprint density at radius 3 is 2.44 bits per heavy atom. The second-order valence-electron chi connectivity index (χ2n) is 4.30. The van der Waals surface area contributed by atoms with Gasteiger partial charge in [0.15, 0.2) is 5.11 Å². The fourth-order valence-corrected chi connectivity index (χ4v) is 1.93. The standard InChI is InChI=1S/C11H20N4S/c1-7(2)13-11(16)14-8(3)10-6-12-15(5)9(10)4/h6-8H,1-5H3,(H2,13,14,16). The van der Waals surface area contributed by atoms with E-state index in [0.29, 0.717) is 11.2 Å². The van der Waals surface area contributed by atoms with Crippen molar-refractivity contribution < 1.29 is 0 Å². The quantitative estimate of drug-likeness (QED) is 0.789. The predicted octanol–water partition coefficient (Wildman–Crippen LogP) is 1.66. The van der Waals surface area contributed by atoms with Gasteiger partial charge in [0, 0.05) is 24.3 Å². The molecule has 0 spiro atoms. The van der Waals surface area contributed by atoms with E-state index in [1.165, 1.54) is 5.56 Å². The molecule has 1 aromatic rings. The molecule has 5 heteroatoms. The van der Waals surface area contributed by atoms with E-state index in [4.69, 9.17) is 12.2 Å². The molecule has 0 aromatic carbocycles. The van der Waals surface area contributed by atoms with Crippen LogP contribution in [-0.2, 0) is 7.05 Å². The molecular formula is C11H20N4S. The Hall–Kier alpha value is -1.10. The molecule has 0 aliphatic carbocycles. The summed E-state index contributed by atoms with van der Waals surface area (Å²) in [4.78, 5) is 0. The van der Waals surface area contributed by atoms with E-state index in [1.54, 1.807) is 0 Å². The van der Waals surface area contributed by atoms with Crippen LogP contribution in [0.15, 0.2) is 6.20 Å². The molecule has 1 heterocycles. The van der Waals surface area contributed by atoms with E-state index in [9.17, 15) is 0 Å². The summed E-state index contributed by atoms with van der Waals surface area (Å²) in [7, 11) is 1.94. The van der Waals surface area contributed by atoms with Crippen molar-refractivity contribution >= 4 is 17.3 Å². The van der Waals surface area contributed by atoms with Gasteiger partial charge in [-0.1, -0.05) is 0 Å². The van der Waals surface area contributed by atoms with Gasteiger partial charge in [0.2, 0.25) is 0 Å². The van der Waals surface area contributed by atoms with Gasteiger partial charge >= 0.3 is 0 Å². The monoisotopic (exact) mass is 240 g/mol. The number of aromatic nitrogens is 2. The minimum absolute atomic E-state index is 0.174. The van der Waals surface area contributed by atoms with Gasteiger partial charge in [0.1, 0.15) is 0 Å². The van der Waals surface area contributed by atoms with Crippen LogP contribution in [0, 0.1) is 6.92 Å². The van der Waals surface area contributed by atoms with Gasteiger partial charge in [-0.25, -0.2) is 0 Å². The van der Waals surface area contributed by atoms with Crippen molar-refractivity contribution in [3.8, 4) is 0 Å². The highest BCUT2D eigenvalue weighted by Gasteiger charge is 2.12. The highest BCUT2D eigenvalue weighted by molar-refractivity contribution is 7.80. The van der Waals surface area contributed by atoms with Gasteiger partial charge < -0.3 is 10.6 Å². The molecule has 0 aliphatic heterocycles. The van der Waals surface area contributed by atoms with Crippen LogP contribution in [0.5, 0.6) is 0 Å². The molecule has 0 fully saturated rings. The van der Waals surface area contributed by atoms with Crippen LogP contribution in [0.4, 0.5) is 0 Å². The number of rotatable bonds is 3. The number of thiocarbonyl (C=S) groups is 1. The zero-order valence-electron chi connectivity index (χ0n) is 10.5. The molecule has 0 amide bonds. The number of nitrogens with zero attached hydrogens (tertiary/aromatic N) is 2. The average Bonchev–Trinajstić information content (AvgIpc) is 2.45. The first-order valence-corrected chi connectivity index (χ1v) is 5.88. The van der Waals surface area contributed by atoms with Crippen molar-refractivity contribution in [3.63, 3.8) is 0 Å². The molecule has 2 N–H and O–H groups in total. The van der Waals surface area contributed by atoms with E-state index < -0.39 is 0 Å². The Morgan fingerprint density at radius 1 is 1.38 bits per heavy atom. The second-order valence-corrected chi connectivity index (χ2v) is 4.71. The maximum absolute atomic E-state index is 5.21. The van der Waals surface area contributed by atoms with Crippen molar-refractivity contribution in [2.24, 2.45) is 7.05 Å². The van der Waals surface area contributed by atoms with Crippen molar-refractivity contribution in [2.75, 3.05) is 0 Å². The maximum atomic E-state index is 5.21. The molecule has 1 rings (SSSR count). The van der Waals surface area contributed by atoms with E-state index in [2.05, 4.69) is 43.4 Å². The van der Waals surface area contributed by atoms with Crippen molar-refractivity contribution in [3.05, 3.63) is 17.5 Å². The number of hydrogen-bond acceptors (Lipinski definition) is 2. The first kappa shape index (κ1) is 13.0. The first-order valence-electron chi connectivity index (χ1n) is 5.47. The van der Waals surface area contributed by atoms with Crippen LogP contribution in [0.1, 0.15) is 38.1 Å². The van der Waals surface area contributed by atoms with E-state index >= 15 is 0 Å². The van der Waals surface area contributed by atoms with Gasteiger partial charge in [-0.05, 0) is 39.9 Å². The fraction of sp³-hybridized carbons (Fsp3) is 0.636. The Kier molecular flexibility index (Phi) is 4.29. The fourth-order valence-electron chi connectivity index (χ4n) is 1.52. The van der Waals surface area contributed by atoms with Crippen LogP contribution in [-0.4, -0.2) is 20.9 Å². The van der Waals surface area contributed by atoms with Crippen LogP contribution >= 0.6 is 12.2 Å². The molecule has 1 aromatic heterocycles. The van der Waals surface area contributed by atoms with Gasteiger partial charge in [0.25, 0.3) is 0 Å². The van der Waals surface area contributed by atoms with Gasteiger partial charge in [0.05, 0.1) is 12.2 Å². The summed E-state index contributed by atoms with van der Waals surface area (Å²) in [6.07, 6.45) is 1.88. The summed E-state index contributed by atoms with van der Waals surface area (Å²) in [5.74, 6) is 0. The Bertz CT molecular complexity index is 370. The normalized spacial score (nSPS) is 12.6. The summed E-state index contributed by atoms with van der Waals surface area (Å²) >= 11 is 5.21. The third-order valence-corrected chi connectivity index (χ3v) is 2.74. The molecule has 0 aliphatic rings. The molecule has 90 valence electrons. The molecule has 1 atom stereocenters. The van der Waals surface area contributed by atoms with Crippen LogP contribution in [0.25, 0.3) is 0 Å². The smallest absolute Gasteiger partial charge is 0.166 e. The minimum Gasteiger partial charge on any atom is -0.361 e. The predicted molar refractivity (Wildman–Crippen MR) is 70.4 cm³/mol. The third-order valence-electron chi connectivity index (χ3n) is 2.51. The number of aryl methyl sites for hydroxylation is 1. The van der Waals surface area contributed by atoms with Gasteiger partial charge in [-0.3, -0.25) is 4.68 Å². The topological polar surface area (TPSA) is 41.9 Å². The molecular weight excluding hydrogens is 220 g/mol. The Balaban J connectivity index is 2.62. The summed E-state index contributed by atoms with van der Waals surface area (Å²) in [5.41, 5.74) is 2.34. The van der Waals surface area contributed by atoms with E-state index in [0.717, 1.165) is 5.69 Å². The average molecular weight is 240 g/mol. The highest BCUT2D eigenvalue weighted by atomic mass is 32.1.